The van der Waals surface area contributed by atoms with Crippen LogP contribution in [0.5, 0.6) is 0 Å². The lowest BCUT2D eigenvalue weighted by Gasteiger charge is -2.37. The van der Waals surface area contributed by atoms with Gasteiger partial charge in [0.05, 0.1) is 43.0 Å². The molecule has 2 saturated heterocycles. The molecule has 4 aliphatic rings. The molecule has 4 heterocycles. The number of likely N-dealkylation sites (tertiary alicyclic amines) is 2. The molecule has 3 aromatic carbocycles. The number of nitrogens with zero attached hydrogens (tertiary/aromatic N) is 4. The normalized spacial score (nSPS) is 22.5. The van der Waals surface area contributed by atoms with Crippen LogP contribution in [0.4, 0.5) is 9.59 Å². The van der Waals surface area contributed by atoms with Gasteiger partial charge < -0.3 is 29.7 Å². The van der Waals surface area contributed by atoms with Crippen molar-refractivity contribution in [3.63, 3.8) is 0 Å². The number of aromatic amines is 2. The van der Waals surface area contributed by atoms with E-state index in [1.165, 1.54) is 7.11 Å². The Kier molecular flexibility index (Phi) is 9.36. The summed E-state index contributed by atoms with van der Waals surface area (Å²) in [5, 5.41) is 5.01. The van der Waals surface area contributed by atoms with Crippen LogP contribution in [-0.2, 0) is 14.3 Å². The van der Waals surface area contributed by atoms with Gasteiger partial charge in [-0.3, -0.25) is 9.69 Å². The topological polar surface area (TPSA) is 146 Å². The minimum Gasteiger partial charge on any atom is -0.453 e. The Balaban J connectivity index is 0.898. The minimum absolute atomic E-state index is 0.0825. The summed E-state index contributed by atoms with van der Waals surface area (Å²) in [4.78, 5) is 59.8. The highest BCUT2D eigenvalue weighted by atomic mass is 16.6. The van der Waals surface area contributed by atoms with Gasteiger partial charge in [0, 0.05) is 18.2 Å². The second-order valence-corrected chi connectivity index (χ2v) is 18.3. The highest BCUT2D eigenvalue weighted by Crippen LogP contribution is 2.58. The van der Waals surface area contributed by atoms with Crippen LogP contribution in [0.1, 0.15) is 96.9 Å². The summed E-state index contributed by atoms with van der Waals surface area (Å²) in [6.45, 7) is 10.3. The van der Waals surface area contributed by atoms with E-state index in [4.69, 9.17) is 19.4 Å². The maximum Gasteiger partial charge on any atom is 0.410 e. The molecule has 4 fully saturated rings. The summed E-state index contributed by atoms with van der Waals surface area (Å²) < 4.78 is 10.6. The summed E-state index contributed by atoms with van der Waals surface area (Å²) in [6, 6.07) is 20.6. The predicted molar refractivity (Wildman–Crippen MR) is 221 cm³/mol. The molecular formula is C46H53N7O5. The monoisotopic (exact) mass is 783 g/mol. The van der Waals surface area contributed by atoms with Gasteiger partial charge in [-0.25, -0.2) is 19.6 Å². The van der Waals surface area contributed by atoms with Gasteiger partial charge in [-0.1, -0.05) is 62.4 Å². The molecule has 2 bridgehead atoms. The maximum absolute atomic E-state index is 14.0. The average Bonchev–Trinajstić information content (AvgIpc) is 3.83. The van der Waals surface area contributed by atoms with Gasteiger partial charge in [-0.05, 0) is 116 Å². The van der Waals surface area contributed by atoms with E-state index < -0.39 is 17.7 Å². The molecule has 5 aromatic rings. The largest absolute Gasteiger partial charge is 0.453 e. The Labute approximate surface area is 339 Å². The van der Waals surface area contributed by atoms with Gasteiger partial charge in [0.2, 0.25) is 5.91 Å². The van der Waals surface area contributed by atoms with E-state index in [1.54, 1.807) is 0 Å². The molecule has 302 valence electrons. The Morgan fingerprint density at radius 3 is 2.14 bits per heavy atom. The molecule has 12 nitrogen and oxygen atoms in total. The molecule has 58 heavy (non-hydrogen) atoms. The molecule has 0 radical (unpaired) electrons. The number of hydrogen-bond acceptors (Lipinski definition) is 7. The van der Waals surface area contributed by atoms with Crippen LogP contribution in [0.25, 0.3) is 44.4 Å². The Hall–Kier alpha value is -5.65. The summed E-state index contributed by atoms with van der Waals surface area (Å²) in [7, 11) is 1.31. The lowest BCUT2D eigenvalue weighted by molar-refractivity contribution is -0.139. The third-order valence-electron chi connectivity index (χ3n) is 12.8. The Morgan fingerprint density at radius 2 is 1.47 bits per heavy atom. The summed E-state index contributed by atoms with van der Waals surface area (Å²) in [6.07, 6.45) is 9.01. The third-order valence-corrected chi connectivity index (χ3v) is 12.8. The van der Waals surface area contributed by atoms with Gasteiger partial charge in [-0.2, -0.15) is 0 Å². The van der Waals surface area contributed by atoms with Crippen LogP contribution in [0.15, 0.2) is 73.1 Å². The SMILES string of the molecule is COC(=O)N[C@H](C(=O)N1[C@@H]2CC[C@@H](C2)[C@H]1c1ncc(-c2ccc3cc(-c4ccc(-c5cnc([C@@H]6CC7(CC7)CN6C(=O)OC(C)(C)C)[nH]5)cc4)ccc3c2)[nH]1)C(C)C. The average molecular weight is 784 g/mol. The van der Waals surface area contributed by atoms with Crippen LogP contribution >= 0.6 is 0 Å². The first kappa shape index (κ1) is 37.9. The summed E-state index contributed by atoms with van der Waals surface area (Å²) >= 11 is 0. The number of rotatable bonds is 8. The number of methoxy groups -OCH3 is 1. The van der Waals surface area contributed by atoms with E-state index in [9.17, 15) is 14.4 Å². The number of nitrogens with one attached hydrogen (secondary N) is 3. The van der Waals surface area contributed by atoms with Gasteiger partial charge in [0.25, 0.3) is 0 Å². The number of hydrogen-bond donors (Lipinski definition) is 3. The van der Waals surface area contributed by atoms with Crippen LogP contribution in [0.2, 0.25) is 0 Å². The fourth-order valence-corrected chi connectivity index (χ4v) is 9.59. The molecule has 9 rings (SSSR count). The number of carbonyl (C=O) groups is 3. The van der Waals surface area contributed by atoms with E-state index in [0.717, 1.165) is 101 Å². The fourth-order valence-electron chi connectivity index (χ4n) is 9.59. The number of H-pyrrole nitrogens is 2. The Morgan fingerprint density at radius 1 is 0.845 bits per heavy atom. The molecule has 1 spiro atoms. The third kappa shape index (κ3) is 7.11. The predicted octanol–water partition coefficient (Wildman–Crippen LogP) is 9.18. The molecule has 2 aliphatic carbocycles. The second kappa shape index (κ2) is 14.3. The number of alkyl carbamates (subject to hydrolysis) is 1. The first-order chi connectivity index (χ1) is 27.8. The first-order valence-electron chi connectivity index (χ1n) is 20.7. The van der Waals surface area contributed by atoms with Gasteiger partial charge in [-0.15, -0.1) is 0 Å². The molecule has 3 N–H and O–H groups in total. The number of benzene rings is 3. The van der Waals surface area contributed by atoms with Gasteiger partial charge in [0.1, 0.15) is 23.3 Å². The van der Waals surface area contributed by atoms with E-state index in [0.29, 0.717) is 5.92 Å². The molecule has 2 aromatic heterocycles. The Bertz CT molecular complexity index is 2370. The molecule has 0 unspecified atom stereocenters. The highest BCUT2D eigenvalue weighted by molar-refractivity contribution is 5.91. The van der Waals surface area contributed by atoms with Crippen LogP contribution in [-0.4, -0.2) is 79.2 Å². The zero-order valence-corrected chi connectivity index (χ0v) is 34.2. The van der Waals surface area contributed by atoms with Gasteiger partial charge in [0.15, 0.2) is 0 Å². The number of fused-ring (bicyclic) bond motifs is 3. The number of imidazole rings is 2. The molecular weight excluding hydrogens is 731 g/mol. The number of amides is 3. The lowest BCUT2D eigenvalue weighted by Crippen LogP contribution is -2.54. The quantitative estimate of drug-likeness (QED) is 0.142. The molecule has 5 atom stereocenters. The van der Waals surface area contributed by atoms with Crippen molar-refractivity contribution < 1.29 is 23.9 Å². The van der Waals surface area contributed by atoms with Crippen molar-refractivity contribution >= 4 is 28.9 Å². The van der Waals surface area contributed by atoms with Crippen LogP contribution < -0.4 is 5.32 Å². The highest BCUT2D eigenvalue weighted by Gasteiger charge is 2.55. The van der Waals surface area contributed by atoms with E-state index in [1.807, 2.05) is 56.8 Å². The van der Waals surface area contributed by atoms with Gasteiger partial charge >= 0.3 is 12.2 Å². The minimum atomic E-state index is -0.673. The lowest BCUT2D eigenvalue weighted by atomic mass is 9.95. The van der Waals surface area contributed by atoms with Crippen molar-refractivity contribution in [2.45, 2.75) is 103 Å². The zero-order chi connectivity index (χ0) is 40.5. The molecule has 2 aliphatic heterocycles. The van der Waals surface area contributed by atoms with Crippen molar-refractivity contribution in [2.24, 2.45) is 17.3 Å². The molecule has 12 heteroatoms. The number of carbonyl (C=O) groups excluding carboxylic acids is 3. The number of piperidine rings is 1. The van der Waals surface area contributed by atoms with Crippen molar-refractivity contribution in [3.05, 3.63) is 84.7 Å². The molecule has 3 amide bonds. The van der Waals surface area contributed by atoms with E-state index in [2.05, 4.69) is 75.9 Å². The number of ether oxygens (including phenoxy) is 2. The number of aromatic nitrogens is 4. The maximum atomic E-state index is 14.0. The summed E-state index contributed by atoms with van der Waals surface area (Å²) in [5.74, 6) is 1.74. The van der Waals surface area contributed by atoms with Crippen molar-refractivity contribution in [1.29, 1.82) is 0 Å². The summed E-state index contributed by atoms with van der Waals surface area (Å²) in [5.41, 5.74) is 5.76. The van der Waals surface area contributed by atoms with Crippen LogP contribution in [0.3, 0.4) is 0 Å². The van der Waals surface area contributed by atoms with Crippen molar-refractivity contribution in [2.75, 3.05) is 13.7 Å². The fraction of sp³-hybridized carbons (Fsp3) is 0.457. The van der Waals surface area contributed by atoms with Crippen molar-refractivity contribution in [1.82, 2.24) is 35.1 Å². The smallest absolute Gasteiger partial charge is 0.410 e. The standard InChI is InChI=1S/C46H53N7O5/c1-26(2)38(51-43(55)57-6)42(54)53-34-16-15-33(21-34)39(53)41-48-24-36(50-41)32-14-13-30-19-29(11-12-31(30)20-32)27-7-9-28(10-8-27)35-23-47-40(49-35)37-22-46(17-18-46)25-52(37)44(56)58-45(3,4)5/h7-14,19-20,23-24,26,33-34,37-39H,15-18,21-22,25H2,1-6H3,(H,47,49)(H,48,50)(H,51,55)/t33-,34+,37-,38-,39-/m0/s1. The second-order valence-electron chi connectivity index (χ2n) is 18.3. The zero-order valence-electron chi connectivity index (χ0n) is 34.2. The van der Waals surface area contributed by atoms with Crippen molar-refractivity contribution in [3.8, 4) is 33.6 Å². The molecule has 2 saturated carbocycles. The van der Waals surface area contributed by atoms with E-state index >= 15 is 0 Å². The van der Waals surface area contributed by atoms with Crippen LogP contribution in [0, 0.1) is 17.3 Å². The first-order valence-corrected chi connectivity index (χ1v) is 20.7. The van der Waals surface area contributed by atoms with E-state index in [-0.39, 0.29) is 41.5 Å².